The van der Waals surface area contributed by atoms with Gasteiger partial charge in [-0.2, -0.15) is 0 Å². The average molecular weight is 426 g/mol. The maximum Gasteiger partial charge on any atom is 0.106 e. The van der Waals surface area contributed by atoms with Gasteiger partial charge in [0.1, 0.15) is 7.11 Å². The Hall–Kier alpha value is -1.91. The lowest BCUT2D eigenvalue weighted by molar-refractivity contribution is 0.0862. The van der Waals surface area contributed by atoms with E-state index in [0.717, 1.165) is 36.1 Å². The van der Waals surface area contributed by atoms with E-state index < -0.39 is 12.2 Å². The standard InChI is InChI=1S/C27H39NO3/c1-18(8-6-9-19(2)28-31-5)24-13-14-25-21(10-7-15-27(24,25)4)11-12-22-16-23(29)17-26(30)20(22)3/h6,9,11-13,18,23,25-26,29-30H,3,7-8,10,14-17H2,1-2,4-5H3/b9-6+,21-11+,22-12-,28-19?/t18-,23-,25+,26+,27-/m1/s1. The third-order valence-corrected chi connectivity index (χ3v) is 7.49. The van der Waals surface area contributed by atoms with E-state index >= 15 is 0 Å². The predicted molar refractivity (Wildman–Crippen MR) is 128 cm³/mol. The number of aliphatic hydroxyl groups is 2. The van der Waals surface area contributed by atoms with Crippen LogP contribution in [0.4, 0.5) is 0 Å². The smallest absolute Gasteiger partial charge is 0.106 e. The Labute approximate surface area is 187 Å². The van der Waals surface area contributed by atoms with Crippen molar-refractivity contribution in [2.75, 3.05) is 7.11 Å². The molecule has 2 saturated carbocycles. The first-order valence-corrected chi connectivity index (χ1v) is 11.7. The molecule has 0 unspecified atom stereocenters. The van der Waals surface area contributed by atoms with Crippen molar-refractivity contribution in [2.24, 2.45) is 22.4 Å². The Bertz CT molecular complexity index is 831. The fraction of sp³-hybridized carbons (Fsp3) is 0.593. The van der Waals surface area contributed by atoms with Crippen molar-refractivity contribution >= 4 is 5.71 Å². The van der Waals surface area contributed by atoms with Gasteiger partial charge in [0.05, 0.1) is 17.9 Å². The number of aliphatic hydroxyl groups excluding tert-OH is 2. The Morgan fingerprint density at radius 2 is 2.16 bits per heavy atom. The number of oxime groups is 1. The highest BCUT2D eigenvalue weighted by Crippen LogP contribution is 2.56. The van der Waals surface area contributed by atoms with E-state index in [2.05, 4.69) is 49.9 Å². The molecule has 0 aromatic rings. The molecule has 170 valence electrons. The van der Waals surface area contributed by atoms with Crippen molar-refractivity contribution in [3.8, 4) is 0 Å². The zero-order valence-corrected chi connectivity index (χ0v) is 19.6. The zero-order chi connectivity index (χ0) is 22.6. The highest BCUT2D eigenvalue weighted by Gasteiger charge is 2.45. The lowest BCUT2D eigenvalue weighted by Gasteiger charge is -2.42. The van der Waals surface area contributed by atoms with Gasteiger partial charge in [-0.3, -0.25) is 0 Å². The summed E-state index contributed by atoms with van der Waals surface area (Å²) in [5.74, 6) is 1.05. The number of fused-ring (bicyclic) bond motifs is 1. The van der Waals surface area contributed by atoms with Crippen molar-refractivity contribution in [3.63, 3.8) is 0 Å². The van der Waals surface area contributed by atoms with E-state index in [4.69, 9.17) is 4.84 Å². The summed E-state index contributed by atoms with van der Waals surface area (Å²) in [6.07, 6.45) is 16.6. The maximum absolute atomic E-state index is 10.1. The van der Waals surface area contributed by atoms with Gasteiger partial charge in [0, 0.05) is 6.42 Å². The van der Waals surface area contributed by atoms with Gasteiger partial charge >= 0.3 is 0 Å². The zero-order valence-electron chi connectivity index (χ0n) is 19.6. The molecule has 0 radical (unpaired) electrons. The van der Waals surface area contributed by atoms with Gasteiger partial charge in [0.25, 0.3) is 0 Å². The van der Waals surface area contributed by atoms with Gasteiger partial charge < -0.3 is 15.1 Å². The molecule has 2 N–H and O–H groups in total. The van der Waals surface area contributed by atoms with E-state index in [1.165, 1.54) is 18.4 Å². The van der Waals surface area contributed by atoms with Crippen LogP contribution in [0.2, 0.25) is 0 Å². The molecule has 0 bridgehead atoms. The maximum atomic E-state index is 10.1. The van der Waals surface area contributed by atoms with E-state index in [9.17, 15) is 10.2 Å². The van der Waals surface area contributed by atoms with Gasteiger partial charge in [-0.1, -0.05) is 61.0 Å². The van der Waals surface area contributed by atoms with Crippen LogP contribution in [0.5, 0.6) is 0 Å². The quantitative estimate of drug-likeness (QED) is 0.328. The average Bonchev–Trinajstić information content (AvgIpc) is 3.07. The van der Waals surface area contributed by atoms with Crippen LogP contribution in [0.3, 0.4) is 0 Å². The Morgan fingerprint density at radius 3 is 2.90 bits per heavy atom. The summed E-state index contributed by atoms with van der Waals surface area (Å²) in [5.41, 5.74) is 5.95. The van der Waals surface area contributed by atoms with Crippen molar-refractivity contribution in [1.82, 2.24) is 0 Å². The molecular weight excluding hydrogens is 386 g/mol. The van der Waals surface area contributed by atoms with Crippen LogP contribution in [-0.2, 0) is 4.84 Å². The minimum absolute atomic E-state index is 0.216. The Balaban J connectivity index is 1.73. The van der Waals surface area contributed by atoms with E-state index in [1.807, 2.05) is 13.0 Å². The molecule has 0 aromatic carbocycles. The lowest BCUT2D eigenvalue weighted by atomic mass is 9.62. The molecule has 4 heteroatoms. The molecule has 3 aliphatic carbocycles. The molecule has 0 amide bonds. The highest BCUT2D eigenvalue weighted by atomic mass is 16.6. The molecule has 0 aromatic heterocycles. The van der Waals surface area contributed by atoms with Crippen LogP contribution in [-0.4, -0.2) is 35.2 Å². The summed E-state index contributed by atoms with van der Waals surface area (Å²) in [6, 6.07) is 0. The van der Waals surface area contributed by atoms with Crippen molar-refractivity contribution in [1.29, 1.82) is 0 Å². The van der Waals surface area contributed by atoms with E-state index in [1.54, 1.807) is 12.7 Å². The summed E-state index contributed by atoms with van der Waals surface area (Å²) >= 11 is 0. The lowest BCUT2D eigenvalue weighted by Crippen LogP contribution is -2.32. The molecule has 3 rings (SSSR count). The van der Waals surface area contributed by atoms with Crippen LogP contribution < -0.4 is 0 Å². The van der Waals surface area contributed by atoms with Gasteiger partial charge in [0.15, 0.2) is 0 Å². The summed E-state index contributed by atoms with van der Waals surface area (Å²) in [6.45, 7) is 10.8. The Kier molecular flexibility index (Phi) is 7.77. The molecule has 31 heavy (non-hydrogen) atoms. The molecular formula is C27H39NO3. The van der Waals surface area contributed by atoms with Gasteiger partial charge in [0.2, 0.25) is 0 Å². The number of allylic oxidation sites excluding steroid dienone is 7. The first kappa shape index (κ1) is 23.7. The first-order chi connectivity index (χ1) is 14.8. The molecule has 5 atom stereocenters. The van der Waals surface area contributed by atoms with Crippen LogP contribution in [0.1, 0.15) is 65.7 Å². The molecule has 0 heterocycles. The Morgan fingerprint density at radius 1 is 1.39 bits per heavy atom. The topological polar surface area (TPSA) is 62.0 Å². The second-order valence-electron chi connectivity index (χ2n) is 9.74. The number of hydrogen-bond donors (Lipinski definition) is 2. The van der Waals surface area contributed by atoms with Gasteiger partial charge in [-0.25, -0.2) is 0 Å². The third-order valence-electron chi connectivity index (χ3n) is 7.49. The highest BCUT2D eigenvalue weighted by molar-refractivity contribution is 5.92. The molecule has 2 fully saturated rings. The third kappa shape index (κ3) is 5.30. The van der Waals surface area contributed by atoms with Crippen molar-refractivity contribution < 1.29 is 15.1 Å². The van der Waals surface area contributed by atoms with Crippen LogP contribution in [0.25, 0.3) is 0 Å². The summed E-state index contributed by atoms with van der Waals surface area (Å²) in [4.78, 5) is 4.83. The predicted octanol–water partition coefficient (Wildman–Crippen LogP) is 5.65. The molecule has 0 saturated heterocycles. The molecule has 0 aliphatic heterocycles. The monoisotopic (exact) mass is 425 g/mol. The number of hydrogen-bond acceptors (Lipinski definition) is 4. The number of nitrogens with zero attached hydrogens (tertiary/aromatic N) is 1. The summed E-state index contributed by atoms with van der Waals surface area (Å²) in [5, 5.41) is 24.1. The molecule has 0 spiro atoms. The fourth-order valence-corrected chi connectivity index (χ4v) is 5.83. The fourth-order valence-electron chi connectivity index (χ4n) is 5.83. The largest absolute Gasteiger partial charge is 0.399 e. The van der Waals surface area contributed by atoms with E-state index in [-0.39, 0.29) is 5.41 Å². The second-order valence-corrected chi connectivity index (χ2v) is 9.74. The minimum atomic E-state index is -0.628. The van der Waals surface area contributed by atoms with Gasteiger partial charge in [-0.05, 0) is 79.9 Å². The van der Waals surface area contributed by atoms with E-state index in [0.29, 0.717) is 24.7 Å². The van der Waals surface area contributed by atoms with Crippen LogP contribution in [0.15, 0.2) is 64.4 Å². The molecule has 4 nitrogen and oxygen atoms in total. The van der Waals surface area contributed by atoms with Gasteiger partial charge in [-0.15, -0.1) is 0 Å². The van der Waals surface area contributed by atoms with Crippen molar-refractivity contribution in [3.05, 3.63) is 59.3 Å². The molecule has 3 aliphatic rings. The SMILES string of the molecule is C=C1/C(=C\C=C2/CCC[C@]3(C)C([C@H](C)C/C=C/C(C)=NOC)=CC[C@@H]23)C[C@@H](O)C[C@@H]1O. The first-order valence-electron chi connectivity index (χ1n) is 11.7. The minimum Gasteiger partial charge on any atom is -0.399 e. The second kappa shape index (κ2) is 10.1. The summed E-state index contributed by atoms with van der Waals surface area (Å²) < 4.78 is 0. The van der Waals surface area contributed by atoms with Crippen molar-refractivity contribution in [2.45, 2.75) is 77.9 Å². The number of rotatable bonds is 6. The van der Waals surface area contributed by atoms with Crippen LogP contribution in [0, 0.1) is 17.3 Å². The normalized spacial score (nSPS) is 35.5. The summed E-state index contributed by atoms with van der Waals surface area (Å²) in [7, 11) is 1.57. The van der Waals surface area contributed by atoms with Crippen LogP contribution >= 0.6 is 0 Å².